The second-order valence-corrected chi connectivity index (χ2v) is 6.78. The summed E-state index contributed by atoms with van der Waals surface area (Å²) >= 11 is 0. The van der Waals surface area contributed by atoms with Gasteiger partial charge in [-0.25, -0.2) is 0 Å². The van der Waals surface area contributed by atoms with E-state index in [1.54, 1.807) is 0 Å². The number of nitrogens with one attached hydrogen (secondary N) is 1. The van der Waals surface area contributed by atoms with Crippen LogP contribution >= 0.6 is 0 Å². The molecular weight excluding hydrogens is 322 g/mol. The van der Waals surface area contributed by atoms with Crippen LogP contribution in [-0.2, 0) is 0 Å². The molecule has 2 aromatic carbocycles. The van der Waals surface area contributed by atoms with Crippen LogP contribution in [0.2, 0.25) is 0 Å². The zero-order valence-electron chi connectivity index (χ0n) is 16.3. The van der Waals surface area contributed by atoms with Gasteiger partial charge >= 0.3 is 0 Å². The van der Waals surface area contributed by atoms with Crippen LogP contribution in [0.5, 0.6) is 5.75 Å². The maximum Gasteiger partial charge on any atom is 0.255 e. The van der Waals surface area contributed by atoms with Crippen molar-refractivity contribution in [2.45, 2.75) is 58.8 Å². The number of hydrogen-bond acceptors (Lipinski definition) is 2. The number of benzene rings is 2. The van der Waals surface area contributed by atoms with Crippen LogP contribution in [0.15, 0.2) is 48.5 Å². The van der Waals surface area contributed by atoms with E-state index in [2.05, 4.69) is 32.2 Å². The molecule has 2 aromatic rings. The molecule has 0 saturated carbocycles. The summed E-state index contributed by atoms with van der Waals surface area (Å²) in [5.74, 6) is 1.14. The third-order valence-electron chi connectivity index (χ3n) is 4.74. The molecule has 2 rings (SSSR count). The second kappa shape index (κ2) is 10.6. The van der Waals surface area contributed by atoms with Crippen LogP contribution in [0.3, 0.4) is 0 Å². The van der Waals surface area contributed by atoms with E-state index in [1.807, 2.05) is 42.5 Å². The molecule has 0 aliphatic carbocycles. The Kier molecular flexibility index (Phi) is 8.20. The van der Waals surface area contributed by atoms with Crippen molar-refractivity contribution in [3.05, 3.63) is 59.7 Å². The Morgan fingerprint density at radius 2 is 1.73 bits per heavy atom. The maximum absolute atomic E-state index is 12.6. The quantitative estimate of drug-likeness (QED) is 0.501. The highest BCUT2D eigenvalue weighted by molar-refractivity contribution is 6.04. The number of ether oxygens (including phenoxy) is 1. The van der Waals surface area contributed by atoms with Crippen LogP contribution < -0.4 is 10.1 Å². The first-order valence-electron chi connectivity index (χ1n) is 9.78. The summed E-state index contributed by atoms with van der Waals surface area (Å²) in [5, 5.41) is 3.05. The largest absolute Gasteiger partial charge is 0.494 e. The van der Waals surface area contributed by atoms with Gasteiger partial charge in [0.15, 0.2) is 0 Å². The topological polar surface area (TPSA) is 38.3 Å². The van der Waals surface area contributed by atoms with Crippen molar-refractivity contribution in [3.8, 4) is 5.75 Å². The van der Waals surface area contributed by atoms with E-state index < -0.39 is 0 Å². The summed E-state index contributed by atoms with van der Waals surface area (Å²) in [6, 6.07) is 15.4. The molecule has 0 heterocycles. The Labute approximate surface area is 157 Å². The van der Waals surface area contributed by atoms with Gasteiger partial charge in [0.05, 0.1) is 6.61 Å². The van der Waals surface area contributed by atoms with Gasteiger partial charge in [-0.2, -0.15) is 0 Å². The molecule has 0 spiro atoms. The van der Waals surface area contributed by atoms with Crippen molar-refractivity contribution in [3.63, 3.8) is 0 Å². The molecule has 0 bridgehead atoms. The minimum Gasteiger partial charge on any atom is -0.494 e. The van der Waals surface area contributed by atoms with Crippen molar-refractivity contribution < 1.29 is 9.53 Å². The standard InChI is InChI=1S/C23H31NO2/c1-4-6-7-10-17-26-20-15-13-19(14-16-20)23(25)24-22-12-9-8-11-21(22)18(3)5-2/h8-9,11-16,18H,4-7,10,17H2,1-3H3,(H,24,25)/t18-/m1/s1. The fourth-order valence-corrected chi connectivity index (χ4v) is 2.88. The summed E-state index contributed by atoms with van der Waals surface area (Å²) in [4.78, 5) is 12.6. The highest BCUT2D eigenvalue weighted by atomic mass is 16.5. The minimum atomic E-state index is -0.0877. The van der Waals surface area contributed by atoms with E-state index in [9.17, 15) is 4.79 Å². The molecule has 0 unspecified atom stereocenters. The smallest absolute Gasteiger partial charge is 0.255 e. The van der Waals surface area contributed by atoms with Crippen molar-refractivity contribution in [1.82, 2.24) is 0 Å². The minimum absolute atomic E-state index is 0.0877. The van der Waals surface area contributed by atoms with Gasteiger partial charge in [-0.15, -0.1) is 0 Å². The number of para-hydroxylation sites is 1. The molecule has 0 saturated heterocycles. The summed E-state index contributed by atoms with van der Waals surface area (Å²) < 4.78 is 5.74. The average molecular weight is 354 g/mol. The first-order chi connectivity index (χ1) is 12.7. The Hall–Kier alpha value is -2.29. The SMILES string of the molecule is CCCCCCOc1ccc(C(=O)Nc2ccccc2[C@H](C)CC)cc1. The molecule has 0 fully saturated rings. The number of carbonyl (C=O) groups excluding carboxylic acids is 1. The van der Waals surface area contributed by atoms with Gasteiger partial charge in [0, 0.05) is 11.3 Å². The fourth-order valence-electron chi connectivity index (χ4n) is 2.88. The predicted octanol–water partition coefficient (Wildman–Crippen LogP) is 6.41. The van der Waals surface area contributed by atoms with Crippen molar-refractivity contribution in [2.75, 3.05) is 11.9 Å². The normalized spacial score (nSPS) is 11.8. The van der Waals surface area contributed by atoms with Crippen LogP contribution in [0, 0.1) is 0 Å². The van der Waals surface area contributed by atoms with E-state index in [0.29, 0.717) is 11.5 Å². The lowest BCUT2D eigenvalue weighted by atomic mass is 9.97. The lowest BCUT2D eigenvalue weighted by molar-refractivity contribution is 0.102. The monoisotopic (exact) mass is 353 g/mol. The highest BCUT2D eigenvalue weighted by Gasteiger charge is 2.12. The van der Waals surface area contributed by atoms with E-state index in [4.69, 9.17) is 4.74 Å². The molecule has 1 atom stereocenters. The highest BCUT2D eigenvalue weighted by Crippen LogP contribution is 2.27. The molecule has 1 amide bonds. The van der Waals surface area contributed by atoms with Gasteiger partial charge in [-0.1, -0.05) is 58.2 Å². The molecule has 0 aliphatic rings. The Morgan fingerprint density at radius 3 is 2.42 bits per heavy atom. The van der Waals surface area contributed by atoms with Crippen molar-refractivity contribution in [1.29, 1.82) is 0 Å². The fraction of sp³-hybridized carbons (Fsp3) is 0.435. The molecule has 1 N–H and O–H groups in total. The Bertz CT molecular complexity index is 679. The molecule has 0 radical (unpaired) electrons. The molecule has 26 heavy (non-hydrogen) atoms. The van der Waals surface area contributed by atoms with Gasteiger partial charge < -0.3 is 10.1 Å². The number of rotatable bonds is 10. The third-order valence-corrected chi connectivity index (χ3v) is 4.74. The summed E-state index contributed by atoms with van der Waals surface area (Å²) in [5.41, 5.74) is 2.71. The van der Waals surface area contributed by atoms with E-state index >= 15 is 0 Å². The van der Waals surface area contributed by atoms with E-state index in [-0.39, 0.29) is 5.91 Å². The van der Waals surface area contributed by atoms with Crippen molar-refractivity contribution in [2.24, 2.45) is 0 Å². The van der Waals surface area contributed by atoms with E-state index in [1.165, 1.54) is 24.8 Å². The Balaban J connectivity index is 1.94. The molecule has 0 aromatic heterocycles. The lowest BCUT2D eigenvalue weighted by Crippen LogP contribution is -2.13. The molecule has 3 heteroatoms. The van der Waals surface area contributed by atoms with Gasteiger partial charge in [0.25, 0.3) is 5.91 Å². The average Bonchev–Trinajstić information content (AvgIpc) is 2.68. The zero-order chi connectivity index (χ0) is 18.8. The molecule has 140 valence electrons. The van der Waals surface area contributed by atoms with Gasteiger partial charge in [-0.3, -0.25) is 4.79 Å². The van der Waals surface area contributed by atoms with Crippen molar-refractivity contribution >= 4 is 11.6 Å². The number of carbonyl (C=O) groups is 1. The maximum atomic E-state index is 12.6. The summed E-state index contributed by atoms with van der Waals surface area (Å²) in [6.07, 6.45) is 5.79. The van der Waals surface area contributed by atoms with E-state index in [0.717, 1.165) is 30.9 Å². The van der Waals surface area contributed by atoms with Gasteiger partial charge in [-0.05, 0) is 54.7 Å². The number of unbranched alkanes of at least 4 members (excludes halogenated alkanes) is 3. The molecule has 0 aliphatic heterocycles. The van der Waals surface area contributed by atoms with Crippen LogP contribution in [0.4, 0.5) is 5.69 Å². The van der Waals surface area contributed by atoms with Gasteiger partial charge in [0.1, 0.15) is 5.75 Å². The number of anilines is 1. The first-order valence-corrected chi connectivity index (χ1v) is 9.78. The van der Waals surface area contributed by atoms with Crippen LogP contribution in [0.25, 0.3) is 0 Å². The Morgan fingerprint density at radius 1 is 1.00 bits per heavy atom. The number of amides is 1. The lowest BCUT2D eigenvalue weighted by Gasteiger charge is -2.15. The van der Waals surface area contributed by atoms with Crippen LogP contribution in [-0.4, -0.2) is 12.5 Å². The zero-order valence-corrected chi connectivity index (χ0v) is 16.3. The first kappa shape index (κ1) is 20.0. The predicted molar refractivity (Wildman–Crippen MR) is 109 cm³/mol. The summed E-state index contributed by atoms with van der Waals surface area (Å²) in [6.45, 7) is 7.27. The second-order valence-electron chi connectivity index (χ2n) is 6.78. The number of hydrogen-bond donors (Lipinski definition) is 1. The third kappa shape index (κ3) is 5.91. The summed E-state index contributed by atoms with van der Waals surface area (Å²) in [7, 11) is 0. The molecule has 3 nitrogen and oxygen atoms in total. The molecular formula is C23H31NO2. The van der Waals surface area contributed by atoms with Crippen LogP contribution in [0.1, 0.15) is 74.7 Å². The van der Waals surface area contributed by atoms with Gasteiger partial charge in [0.2, 0.25) is 0 Å².